The highest BCUT2D eigenvalue weighted by Crippen LogP contribution is 2.32. The Morgan fingerprint density at radius 2 is 1.74 bits per heavy atom. The molecule has 1 fully saturated rings. The molecule has 1 atom stereocenters. The minimum Gasteiger partial charge on any atom is -0.335 e. The molecule has 0 saturated carbocycles. The number of amides is 1. The van der Waals surface area contributed by atoms with Crippen LogP contribution < -0.4 is 0 Å². The first kappa shape index (κ1) is 21.3. The average Bonchev–Trinajstić information content (AvgIpc) is 3.26. The number of aromatic nitrogens is 2. The molecule has 0 aliphatic carbocycles. The van der Waals surface area contributed by atoms with Gasteiger partial charge in [-0.15, -0.1) is 0 Å². The first-order valence-electron chi connectivity index (χ1n) is 11.3. The van der Waals surface area contributed by atoms with Gasteiger partial charge in [0.1, 0.15) is 5.69 Å². The second kappa shape index (κ2) is 9.48. The van der Waals surface area contributed by atoms with Crippen molar-refractivity contribution < 1.29 is 4.79 Å². The second-order valence-electron chi connectivity index (χ2n) is 8.44. The van der Waals surface area contributed by atoms with E-state index >= 15 is 0 Å². The molecule has 1 saturated heterocycles. The third-order valence-corrected chi connectivity index (χ3v) is 6.18. The molecule has 0 N–H and O–H groups in total. The number of carbonyl (C=O) groups is 1. The third kappa shape index (κ3) is 4.57. The van der Waals surface area contributed by atoms with E-state index in [9.17, 15) is 4.79 Å². The van der Waals surface area contributed by atoms with Gasteiger partial charge in [-0.05, 0) is 43.0 Å². The van der Waals surface area contributed by atoms with E-state index in [-0.39, 0.29) is 11.9 Å². The highest BCUT2D eigenvalue weighted by atomic mass is 16.2. The van der Waals surface area contributed by atoms with E-state index in [4.69, 9.17) is 0 Å². The van der Waals surface area contributed by atoms with Crippen LogP contribution in [0, 0.1) is 13.8 Å². The Hall–Kier alpha value is -2.92. The molecule has 162 valence electrons. The molecular formula is C26H32N4O. The lowest BCUT2D eigenvalue weighted by Gasteiger charge is -2.40. The lowest BCUT2D eigenvalue weighted by molar-refractivity contribution is 0.0585. The maximum atomic E-state index is 13.1. The first-order valence-corrected chi connectivity index (χ1v) is 11.3. The van der Waals surface area contributed by atoms with Crippen LogP contribution >= 0.6 is 0 Å². The normalized spacial score (nSPS) is 15.8. The van der Waals surface area contributed by atoms with E-state index in [1.165, 1.54) is 22.3 Å². The van der Waals surface area contributed by atoms with Gasteiger partial charge >= 0.3 is 0 Å². The summed E-state index contributed by atoms with van der Waals surface area (Å²) in [6, 6.07) is 19.5. The van der Waals surface area contributed by atoms with Crippen LogP contribution in [0.25, 0.3) is 0 Å². The lowest BCUT2D eigenvalue weighted by atomic mass is 9.92. The number of benzene rings is 2. The number of hydrogen-bond acceptors (Lipinski definition) is 3. The van der Waals surface area contributed by atoms with Crippen molar-refractivity contribution in [2.75, 3.05) is 26.2 Å². The molecule has 1 aromatic heterocycles. The topological polar surface area (TPSA) is 41.4 Å². The van der Waals surface area contributed by atoms with E-state index in [1.54, 1.807) is 6.20 Å². The van der Waals surface area contributed by atoms with Gasteiger partial charge in [0.25, 0.3) is 5.91 Å². The van der Waals surface area contributed by atoms with Crippen molar-refractivity contribution in [3.8, 4) is 0 Å². The highest BCUT2D eigenvalue weighted by Gasteiger charge is 2.30. The van der Waals surface area contributed by atoms with Crippen molar-refractivity contribution in [2.24, 2.45) is 0 Å². The Morgan fingerprint density at radius 3 is 2.45 bits per heavy atom. The summed E-state index contributed by atoms with van der Waals surface area (Å²) in [4.78, 5) is 17.6. The molecule has 0 unspecified atom stereocenters. The molecule has 0 bridgehead atoms. The van der Waals surface area contributed by atoms with Crippen LogP contribution in [0.15, 0.2) is 60.8 Å². The van der Waals surface area contributed by atoms with Crippen molar-refractivity contribution >= 4 is 5.91 Å². The predicted molar refractivity (Wildman–Crippen MR) is 124 cm³/mol. The number of nitrogens with zero attached hydrogens (tertiary/aromatic N) is 4. The Morgan fingerprint density at radius 1 is 1.00 bits per heavy atom. The van der Waals surface area contributed by atoms with Crippen LogP contribution in [0.1, 0.15) is 52.1 Å². The molecule has 1 aliphatic rings. The van der Waals surface area contributed by atoms with Gasteiger partial charge in [-0.1, -0.05) is 61.0 Å². The summed E-state index contributed by atoms with van der Waals surface area (Å²) in [6.07, 6.45) is 2.69. The summed E-state index contributed by atoms with van der Waals surface area (Å²) in [5, 5.41) is 4.32. The minimum absolute atomic E-state index is 0.0913. The van der Waals surface area contributed by atoms with Crippen molar-refractivity contribution in [3.63, 3.8) is 0 Å². The largest absolute Gasteiger partial charge is 0.335 e. The Kier molecular flexibility index (Phi) is 6.52. The minimum atomic E-state index is 0.0913. The quantitative estimate of drug-likeness (QED) is 0.596. The number of rotatable bonds is 6. The van der Waals surface area contributed by atoms with Crippen molar-refractivity contribution in [1.29, 1.82) is 0 Å². The maximum absolute atomic E-state index is 13.1. The lowest BCUT2D eigenvalue weighted by Crippen LogP contribution is -2.50. The predicted octanol–water partition coefficient (Wildman–Crippen LogP) is 4.46. The summed E-state index contributed by atoms with van der Waals surface area (Å²) >= 11 is 0. The fourth-order valence-electron chi connectivity index (χ4n) is 4.53. The van der Waals surface area contributed by atoms with Gasteiger partial charge in [0.05, 0.1) is 6.04 Å². The zero-order valence-electron chi connectivity index (χ0n) is 18.8. The third-order valence-electron chi connectivity index (χ3n) is 6.18. The monoisotopic (exact) mass is 416 g/mol. The van der Waals surface area contributed by atoms with Gasteiger partial charge in [0.15, 0.2) is 0 Å². The number of hydrogen-bond donors (Lipinski definition) is 0. The fourth-order valence-corrected chi connectivity index (χ4v) is 4.53. The standard InChI is InChI=1S/C26H32N4O/c1-4-14-30-24(12-13-27-30)26(31)29-17-15-28(16-18-29)25(22-8-6-5-7-9-22)23-19-20(2)10-11-21(23)3/h5-13,19,25H,4,14-18H2,1-3H3/t25-/m1/s1. The van der Waals surface area contributed by atoms with E-state index in [2.05, 4.69) is 79.3 Å². The highest BCUT2D eigenvalue weighted by molar-refractivity contribution is 5.92. The Balaban J connectivity index is 1.55. The molecule has 1 amide bonds. The van der Waals surface area contributed by atoms with E-state index in [1.807, 2.05) is 15.6 Å². The van der Waals surface area contributed by atoms with Crippen LogP contribution in [0.5, 0.6) is 0 Å². The molecule has 5 heteroatoms. The zero-order chi connectivity index (χ0) is 21.8. The smallest absolute Gasteiger partial charge is 0.272 e. The molecule has 5 nitrogen and oxygen atoms in total. The van der Waals surface area contributed by atoms with Gasteiger partial charge in [-0.2, -0.15) is 5.10 Å². The number of carbonyl (C=O) groups excluding carboxylic acids is 1. The molecular weight excluding hydrogens is 384 g/mol. The number of aryl methyl sites for hydroxylation is 3. The maximum Gasteiger partial charge on any atom is 0.272 e. The molecule has 31 heavy (non-hydrogen) atoms. The zero-order valence-corrected chi connectivity index (χ0v) is 18.8. The summed E-state index contributed by atoms with van der Waals surface area (Å²) in [5.74, 6) is 0.0913. The van der Waals surface area contributed by atoms with Crippen LogP contribution in [0.2, 0.25) is 0 Å². The van der Waals surface area contributed by atoms with E-state index < -0.39 is 0 Å². The summed E-state index contributed by atoms with van der Waals surface area (Å²) < 4.78 is 1.83. The van der Waals surface area contributed by atoms with Gasteiger partial charge in [0, 0.05) is 38.9 Å². The van der Waals surface area contributed by atoms with Gasteiger partial charge in [-0.3, -0.25) is 14.4 Å². The second-order valence-corrected chi connectivity index (χ2v) is 8.44. The SMILES string of the molecule is CCCn1nccc1C(=O)N1CCN([C@H](c2ccccc2)c2cc(C)ccc2C)CC1. The molecule has 3 aromatic rings. The molecule has 0 radical (unpaired) electrons. The van der Waals surface area contributed by atoms with Gasteiger partial charge in [-0.25, -0.2) is 0 Å². The van der Waals surface area contributed by atoms with E-state index in [0.29, 0.717) is 5.69 Å². The fraction of sp³-hybridized carbons (Fsp3) is 0.385. The summed E-state index contributed by atoms with van der Waals surface area (Å²) in [5.41, 5.74) is 5.94. The first-order chi connectivity index (χ1) is 15.1. The number of piperazine rings is 1. The summed E-state index contributed by atoms with van der Waals surface area (Å²) in [6.45, 7) is 10.4. The van der Waals surface area contributed by atoms with Gasteiger partial charge in [0.2, 0.25) is 0 Å². The molecule has 2 aromatic carbocycles. The average molecular weight is 417 g/mol. The van der Waals surface area contributed by atoms with Crippen LogP contribution in [0.3, 0.4) is 0 Å². The molecule has 2 heterocycles. The summed E-state index contributed by atoms with van der Waals surface area (Å²) in [7, 11) is 0. The Labute approximate surface area is 185 Å². The van der Waals surface area contributed by atoms with E-state index in [0.717, 1.165) is 39.1 Å². The molecule has 1 aliphatic heterocycles. The van der Waals surface area contributed by atoms with Gasteiger partial charge < -0.3 is 4.90 Å². The van der Waals surface area contributed by atoms with Crippen LogP contribution in [0.4, 0.5) is 0 Å². The van der Waals surface area contributed by atoms with Crippen LogP contribution in [-0.2, 0) is 6.54 Å². The van der Waals surface area contributed by atoms with Crippen molar-refractivity contribution in [3.05, 3.63) is 88.7 Å². The van der Waals surface area contributed by atoms with Crippen molar-refractivity contribution in [1.82, 2.24) is 19.6 Å². The van der Waals surface area contributed by atoms with Crippen molar-refractivity contribution in [2.45, 2.75) is 39.8 Å². The molecule has 0 spiro atoms. The Bertz CT molecular complexity index is 1020. The van der Waals surface area contributed by atoms with Crippen LogP contribution in [-0.4, -0.2) is 51.7 Å². The molecule has 4 rings (SSSR count).